The first-order valence-electron chi connectivity index (χ1n) is 8.79. The highest BCUT2D eigenvalue weighted by Gasteiger charge is 2.48. The maximum absolute atomic E-state index is 13.2. The van der Waals surface area contributed by atoms with Crippen LogP contribution in [0.25, 0.3) is 0 Å². The second-order valence-corrected chi connectivity index (χ2v) is 7.67. The minimum absolute atomic E-state index is 0.0394. The average Bonchev–Trinajstić information content (AvgIpc) is 2.80. The highest BCUT2D eigenvalue weighted by atomic mass is 32.2. The molecule has 2 fully saturated rings. The van der Waals surface area contributed by atoms with Gasteiger partial charge in [-0.05, 0) is 11.1 Å². The molecule has 2 aliphatic rings. The van der Waals surface area contributed by atoms with E-state index in [2.05, 4.69) is 0 Å². The van der Waals surface area contributed by atoms with Gasteiger partial charge in [0, 0.05) is 18.1 Å². The van der Waals surface area contributed by atoms with E-state index in [0.29, 0.717) is 18.8 Å². The molecular formula is C20H22N2O3S. The number of hydrogen-bond acceptors (Lipinski definition) is 4. The molecule has 0 bridgehead atoms. The van der Waals surface area contributed by atoms with E-state index >= 15 is 0 Å². The minimum atomic E-state index is -0.849. The van der Waals surface area contributed by atoms with E-state index in [1.807, 2.05) is 65.6 Å². The molecule has 0 aliphatic carbocycles. The number of amides is 2. The second kappa shape index (κ2) is 7.70. The van der Waals surface area contributed by atoms with Crippen LogP contribution in [0.3, 0.4) is 0 Å². The first-order valence-corrected chi connectivity index (χ1v) is 9.94. The normalized spacial score (nSPS) is 25.9. The standard InChI is InChI=1S/C20H22N2O3S/c23-18-14-26-13-17-19(25-18)22(12-16-9-5-2-6-10-16)20(24)21(17)11-15-7-3-1-4-8-15/h1-10,17-19,23H,11-14H2/t17-,18?,19?/m0/s1. The number of nitrogens with zero attached hydrogens (tertiary/aromatic N) is 2. The number of rotatable bonds is 4. The maximum Gasteiger partial charge on any atom is 0.323 e. The van der Waals surface area contributed by atoms with Gasteiger partial charge in [-0.2, -0.15) is 11.8 Å². The third-order valence-corrected chi connectivity index (χ3v) is 5.86. The molecule has 0 spiro atoms. The third-order valence-electron chi connectivity index (χ3n) is 4.77. The number of hydrogen-bond donors (Lipinski definition) is 1. The van der Waals surface area contributed by atoms with Gasteiger partial charge in [-0.15, -0.1) is 0 Å². The first kappa shape index (κ1) is 17.4. The monoisotopic (exact) mass is 370 g/mol. The molecule has 6 heteroatoms. The van der Waals surface area contributed by atoms with E-state index in [0.717, 1.165) is 16.9 Å². The van der Waals surface area contributed by atoms with E-state index in [9.17, 15) is 9.90 Å². The molecule has 2 aliphatic heterocycles. The molecule has 0 aromatic heterocycles. The van der Waals surface area contributed by atoms with Crippen molar-refractivity contribution in [1.82, 2.24) is 9.80 Å². The molecule has 2 aromatic rings. The topological polar surface area (TPSA) is 53.0 Å². The van der Waals surface area contributed by atoms with Crippen LogP contribution in [0.15, 0.2) is 60.7 Å². The number of benzene rings is 2. The molecule has 2 saturated heterocycles. The summed E-state index contributed by atoms with van der Waals surface area (Å²) in [6, 6.07) is 19.8. The highest BCUT2D eigenvalue weighted by Crippen LogP contribution is 2.33. The second-order valence-electron chi connectivity index (χ2n) is 6.60. The summed E-state index contributed by atoms with van der Waals surface area (Å²) >= 11 is 1.63. The summed E-state index contributed by atoms with van der Waals surface area (Å²) in [5.74, 6) is 1.28. The van der Waals surface area contributed by atoms with Crippen LogP contribution < -0.4 is 0 Å². The molecule has 2 heterocycles. The van der Waals surface area contributed by atoms with Crippen molar-refractivity contribution >= 4 is 17.8 Å². The van der Waals surface area contributed by atoms with Crippen molar-refractivity contribution in [2.75, 3.05) is 11.5 Å². The number of thioether (sulfide) groups is 1. The lowest BCUT2D eigenvalue weighted by Gasteiger charge is -2.26. The summed E-state index contributed by atoms with van der Waals surface area (Å²) < 4.78 is 5.86. The van der Waals surface area contributed by atoms with Gasteiger partial charge in [0.05, 0.1) is 12.6 Å². The highest BCUT2D eigenvalue weighted by molar-refractivity contribution is 7.99. The van der Waals surface area contributed by atoms with Crippen LogP contribution in [0.2, 0.25) is 0 Å². The summed E-state index contributed by atoms with van der Waals surface area (Å²) in [5.41, 5.74) is 2.15. The number of fused-ring (bicyclic) bond motifs is 1. The molecule has 4 rings (SSSR count). The van der Waals surface area contributed by atoms with Crippen LogP contribution in [0, 0.1) is 0 Å². The van der Waals surface area contributed by atoms with Gasteiger partial charge in [-0.3, -0.25) is 4.90 Å². The van der Waals surface area contributed by atoms with Crippen molar-refractivity contribution in [1.29, 1.82) is 0 Å². The SMILES string of the molecule is O=C1N(Cc2ccccc2)C2OC(O)CSC[C@@H]2N1Cc1ccccc1. The Hall–Kier alpha value is -2.02. The van der Waals surface area contributed by atoms with Gasteiger partial charge in [0.25, 0.3) is 0 Å². The Morgan fingerprint density at radius 2 is 1.50 bits per heavy atom. The molecule has 26 heavy (non-hydrogen) atoms. The zero-order chi connectivity index (χ0) is 17.9. The summed E-state index contributed by atoms with van der Waals surface area (Å²) in [6.07, 6.45) is -1.28. The summed E-state index contributed by atoms with van der Waals surface area (Å²) in [7, 11) is 0. The van der Waals surface area contributed by atoms with Gasteiger partial charge in [0.15, 0.2) is 12.5 Å². The van der Waals surface area contributed by atoms with E-state index in [-0.39, 0.29) is 12.1 Å². The average molecular weight is 370 g/mol. The van der Waals surface area contributed by atoms with Crippen molar-refractivity contribution < 1.29 is 14.6 Å². The van der Waals surface area contributed by atoms with E-state index in [1.165, 1.54) is 0 Å². The molecule has 136 valence electrons. The molecular weight excluding hydrogens is 348 g/mol. The van der Waals surface area contributed by atoms with Crippen molar-refractivity contribution in [2.24, 2.45) is 0 Å². The Morgan fingerprint density at radius 1 is 0.923 bits per heavy atom. The number of ether oxygens (including phenoxy) is 1. The van der Waals surface area contributed by atoms with Gasteiger partial charge in [0.2, 0.25) is 0 Å². The zero-order valence-corrected chi connectivity index (χ0v) is 15.2. The number of carbonyl (C=O) groups is 1. The fraction of sp³-hybridized carbons (Fsp3) is 0.350. The lowest BCUT2D eigenvalue weighted by atomic mass is 10.2. The zero-order valence-electron chi connectivity index (χ0n) is 14.4. The summed E-state index contributed by atoms with van der Waals surface area (Å²) in [5, 5.41) is 10.1. The molecule has 2 unspecified atom stereocenters. The maximum atomic E-state index is 13.2. The van der Waals surface area contributed by atoms with Crippen LogP contribution in [0.4, 0.5) is 4.79 Å². The molecule has 2 amide bonds. The van der Waals surface area contributed by atoms with Gasteiger partial charge >= 0.3 is 6.03 Å². The molecule has 3 atom stereocenters. The quantitative estimate of drug-likeness (QED) is 0.899. The Balaban J connectivity index is 1.61. The van der Waals surface area contributed by atoms with Crippen molar-refractivity contribution in [3.8, 4) is 0 Å². The minimum Gasteiger partial charge on any atom is -0.367 e. The number of aliphatic hydroxyl groups excluding tert-OH is 1. The van der Waals surface area contributed by atoms with Gasteiger partial charge in [-0.1, -0.05) is 60.7 Å². The van der Waals surface area contributed by atoms with E-state index in [4.69, 9.17) is 4.74 Å². The Bertz CT molecular complexity index is 743. The molecule has 2 aromatic carbocycles. The third kappa shape index (κ3) is 3.58. The van der Waals surface area contributed by atoms with Crippen molar-refractivity contribution in [3.05, 3.63) is 71.8 Å². The molecule has 5 nitrogen and oxygen atoms in total. The van der Waals surface area contributed by atoms with Gasteiger partial charge < -0.3 is 14.7 Å². The number of urea groups is 1. The van der Waals surface area contributed by atoms with Gasteiger partial charge in [0.1, 0.15) is 0 Å². The first-order chi connectivity index (χ1) is 12.7. The largest absolute Gasteiger partial charge is 0.367 e. The molecule has 0 radical (unpaired) electrons. The van der Waals surface area contributed by atoms with E-state index < -0.39 is 12.5 Å². The van der Waals surface area contributed by atoms with Crippen LogP contribution in [0.1, 0.15) is 11.1 Å². The van der Waals surface area contributed by atoms with Crippen LogP contribution in [0.5, 0.6) is 0 Å². The predicted molar refractivity (Wildman–Crippen MR) is 101 cm³/mol. The summed E-state index contributed by atoms with van der Waals surface area (Å²) in [6.45, 7) is 1.02. The fourth-order valence-corrected chi connectivity index (χ4v) is 4.51. The lowest BCUT2D eigenvalue weighted by molar-refractivity contribution is -0.158. The number of carbonyl (C=O) groups excluding carboxylic acids is 1. The molecule has 1 N–H and O–H groups in total. The number of aliphatic hydroxyl groups is 1. The van der Waals surface area contributed by atoms with Crippen molar-refractivity contribution in [2.45, 2.75) is 31.6 Å². The lowest BCUT2D eigenvalue weighted by Crippen LogP contribution is -2.41. The fourth-order valence-electron chi connectivity index (χ4n) is 3.51. The van der Waals surface area contributed by atoms with E-state index in [1.54, 1.807) is 16.7 Å². The van der Waals surface area contributed by atoms with Gasteiger partial charge in [-0.25, -0.2) is 4.79 Å². The van der Waals surface area contributed by atoms with Crippen LogP contribution in [-0.2, 0) is 17.8 Å². The smallest absolute Gasteiger partial charge is 0.323 e. The summed E-state index contributed by atoms with van der Waals surface area (Å²) in [4.78, 5) is 16.8. The predicted octanol–water partition coefficient (Wildman–Crippen LogP) is 2.90. The Labute approximate surface area is 157 Å². The van der Waals surface area contributed by atoms with Crippen LogP contribution in [-0.4, -0.2) is 51.0 Å². The Morgan fingerprint density at radius 3 is 2.12 bits per heavy atom. The van der Waals surface area contributed by atoms with Crippen LogP contribution >= 0.6 is 11.8 Å². The Kier molecular flexibility index (Phi) is 5.15. The van der Waals surface area contributed by atoms with Crippen molar-refractivity contribution in [3.63, 3.8) is 0 Å². The molecule has 0 saturated carbocycles.